The Bertz CT molecular complexity index is 184. The predicted octanol–water partition coefficient (Wildman–Crippen LogP) is 1.47. The van der Waals surface area contributed by atoms with Crippen LogP contribution < -0.4 is 5.73 Å². The third kappa shape index (κ3) is 2.91. The lowest BCUT2D eigenvalue weighted by Gasteiger charge is -1.99. The minimum Gasteiger partial charge on any atom is -0.494 e. The molecular formula is C7H10FNO. The molecule has 2 nitrogen and oxygen atoms in total. The molecule has 0 aromatic heterocycles. The minimum atomic E-state index is -0.602. The zero-order chi connectivity index (χ0) is 8.15. The van der Waals surface area contributed by atoms with Crippen LogP contribution in [0.4, 0.5) is 4.39 Å². The van der Waals surface area contributed by atoms with E-state index in [0.29, 0.717) is 0 Å². The molecule has 0 rings (SSSR count). The Morgan fingerprint density at radius 2 is 2.10 bits per heavy atom. The van der Waals surface area contributed by atoms with E-state index >= 15 is 0 Å². The van der Waals surface area contributed by atoms with E-state index in [0.717, 1.165) is 6.08 Å². The Balaban J connectivity index is 4.19. The van der Waals surface area contributed by atoms with Crippen LogP contribution in [-0.2, 0) is 4.74 Å². The number of hydrogen-bond acceptors (Lipinski definition) is 2. The molecule has 0 atom stereocenters. The Morgan fingerprint density at radius 1 is 1.60 bits per heavy atom. The third-order valence-electron chi connectivity index (χ3n) is 0.825. The van der Waals surface area contributed by atoms with Crippen LogP contribution in [0.1, 0.15) is 0 Å². The summed E-state index contributed by atoms with van der Waals surface area (Å²) in [5, 5.41) is 0. The van der Waals surface area contributed by atoms with Crippen LogP contribution in [0.3, 0.4) is 0 Å². The standard InChI is InChI=1S/C7H10FNO/c1-5(9)4-7(8)6(2)10-3/h4H,1-2,9H2,3H3/b7-4+. The van der Waals surface area contributed by atoms with Crippen LogP contribution in [0.5, 0.6) is 0 Å². The van der Waals surface area contributed by atoms with E-state index in [1.54, 1.807) is 0 Å². The summed E-state index contributed by atoms with van der Waals surface area (Å²) in [6.07, 6.45) is 1.05. The highest BCUT2D eigenvalue weighted by atomic mass is 19.1. The number of ether oxygens (including phenoxy) is 1. The molecule has 0 bridgehead atoms. The Hall–Kier alpha value is -1.25. The van der Waals surface area contributed by atoms with Crippen molar-refractivity contribution in [2.24, 2.45) is 5.73 Å². The normalized spacial score (nSPS) is 10.8. The van der Waals surface area contributed by atoms with Gasteiger partial charge in [-0.25, -0.2) is 4.39 Å². The van der Waals surface area contributed by atoms with Gasteiger partial charge in [-0.2, -0.15) is 0 Å². The summed E-state index contributed by atoms with van der Waals surface area (Å²) in [4.78, 5) is 0. The molecule has 0 fully saturated rings. The molecule has 0 heterocycles. The Kier molecular flexibility index (Phi) is 3.25. The van der Waals surface area contributed by atoms with Gasteiger partial charge in [-0.3, -0.25) is 0 Å². The first-order valence-electron chi connectivity index (χ1n) is 2.62. The molecule has 0 amide bonds. The van der Waals surface area contributed by atoms with Gasteiger partial charge in [0.05, 0.1) is 7.11 Å². The molecule has 0 saturated carbocycles. The molecule has 56 valence electrons. The fourth-order valence-electron chi connectivity index (χ4n) is 0.341. The smallest absolute Gasteiger partial charge is 0.166 e. The van der Waals surface area contributed by atoms with Crippen LogP contribution in [-0.4, -0.2) is 7.11 Å². The first-order chi connectivity index (χ1) is 4.57. The molecule has 3 heteroatoms. The SMILES string of the molecule is C=C(N)/C=C(/F)C(=C)OC. The first kappa shape index (κ1) is 8.75. The zero-order valence-electron chi connectivity index (χ0n) is 5.86. The maximum absolute atomic E-state index is 12.5. The van der Waals surface area contributed by atoms with Crippen molar-refractivity contribution in [2.75, 3.05) is 7.11 Å². The number of halogens is 1. The van der Waals surface area contributed by atoms with Crippen molar-refractivity contribution >= 4 is 0 Å². The van der Waals surface area contributed by atoms with Gasteiger partial charge in [-0.1, -0.05) is 13.2 Å². The van der Waals surface area contributed by atoms with Gasteiger partial charge >= 0.3 is 0 Å². The molecular weight excluding hydrogens is 133 g/mol. The van der Waals surface area contributed by atoms with E-state index in [1.165, 1.54) is 7.11 Å². The number of hydrogen-bond donors (Lipinski definition) is 1. The van der Waals surface area contributed by atoms with Gasteiger partial charge in [0.15, 0.2) is 5.83 Å². The second-order valence-corrected chi connectivity index (χ2v) is 1.69. The maximum Gasteiger partial charge on any atom is 0.166 e. The average molecular weight is 143 g/mol. The predicted molar refractivity (Wildman–Crippen MR) is 38.7 cm³/mol. The van der Waals surface area contributed by atoms with Crippen LogP contribution in [0, 0.1) is 0 Å². The van der Waals surface area contributed by atoms with Gasteiger partial charge in [-0.05, 0) is 6.08 Å². The van der Waals surface area contributed by atoms with E-state index in [4.69, 9.17) is 5.73 Å². The summed E-state index contributed by atoms with van der Waals surface area (Å²) < 4.78 is 17.0. The van der Waals surface area contributed by atoms with Crippen LogP contribution >= 0.6 is 0 Å². The quantitative estimate of drug-likeness (QED) is 0.479. The molecule has 2 N–H and O–H groups in total. The van der Waals surface area contributed by atoms with Gasteiger partial charge in [0.1, 0.15) is 5.76 Å². The molecule has 0 aromatic carbocycles. The number of methoxy groups -OCH3 is 1. The molecule has 0 aromatic rings. The fourth-order valence-corrected chi connectivity index (χ4v) is 0.341. The van der Waals surface area contributed by atoms with Gasteiger partial charge in [0.25, 0.3) is 0 Å². The monoisotopic (exact) mass is 143 g/mol. The largest absolute Gasteiger partial charge is 0.494 e. The van der Waals surface area contributed by atoms with E-state index in [9.17, 15) is 4.39 Å². The molecule has 0 spiro atoms. The molecule has 0 unspecified atom stereocenters. The topological polar surface area (TPSA) is 35.2 Å². The van der Waals surface area contributed by atoms with Crippen molar-refractivity contribution in [3.63, 3.8) is 0 Å². The van der Waals surface area contributed by atoms with E-state index in [2.05, 4.69) is 17.9 Å². The van der Waals surface area contributed by atoms with Crippen molar-refractivity contribution in [2.45, 2.75) is 0 Å². The lowest BCUT2D eigenvalue weighted by molar-refractivity contribution is 0.285. The van der Waals surface area contributed by atoms with Gasteiger partial charge in [-0.15, -0.1) is 0 Å². The summed E-state index contributed by atoms with van der Waals surface area (Å²) in [6, 6.07) is 0. The second kappa shape index (κ2) is 3.71. The molecule has 0 aliphatic rings. The first-order valence-corrected chi connectivity index (χ1v) is 2.62. The van der Waals surface area contributed by atoms with Crippen molar-refractivity contribution in [1.29, 1.82) is 0 Å². The molecule has 10 heavy (non-hydrogen) atoms. The van der Waals surface area contributed by atoms with Crippen LogP contribution in [0.25, 0.3) is 0 Å². The lowest BCUT2D eigenvalue weighted by atomic mass is 10.4. The highest BCUT2D eigenvalue weighted by Gasteiger charge is 1.98. The van der Waals surface area contributed by atoms with Crippen molar-refractivity contribution in [3.8, 4) is 0 Å². The summed E-state index contributed by atoms with van der Waals surface area (Å²) >= 11 is 0. The van der Waals surface area contributed by atoms with Gasteiger partial charge < -0.3 is 10.5 Å². The number of nitrogens with two attached hydrogens (primary N) is 1. The van der Waals surface area contributed by atoms with Crippen LogP contribution in [0.2, 0.25) is 0 Å². The second-order valence-electron chi connectivity index (χ2n) is 1.69. The molecule has 0 saturated heterocycles. The Labute approximate surface area is 59.5 Å². The average Bonchev–Trinajstić information content (AvgIpc) is 1.85. The fraction of sp³-hybridized carbons (Fsp3) is 0.143. The van der Waals surface area contributed by atoms with Crippen LogP contribution in [0.15, 0.2) is 36.5 Å². The summed E-state index contributed by atoms with van der Waals surface area (Å²) in [6.45, 7) is 6.54. The van der Waals surface area contributed by atoms with E-state index < -0.39 is 5.83 Å². The number of allylic oxidation sites excluding steroid dienone is 2. The third-order valence-corrected chi connectivity index (χ3v) is 0.825. The molecule has 0 aliphatic carbocycles. The van der Waals surface area contributed by atoms with Crippen molar-refractivity contribution in [1.82, 2.24) is 0 Å². The highest BCUT2D eigenvalue weighted by Crippen LogP contribution is 2.09. The summed E-state index contributed by atoms with van der Waals surface area (Å²) in [5.41, 5.74) is 5.21. The van der Waals surface area contributed by atoms with E-state index in [-0.39, 0.29) is 11.5 Å². The van der Waals surface area contributed by atoms with Gasteiger partial charge in [0, 0.05) is 5.70 Å². The number of rotatable bonds is 3. The lowest BCUT2D eigenvalue weighted by Crippen LogP contribution is -1.92. The van der Waals surface area contributed by atoms with E-state index in [1.807, 2.05) is 0 Å². The zero-order valence-corrected chi connectivity index (χ0v) is 5.86. The summed E-state index contributed by atoms with van der Waals surface area (Å²) in [5.74, 6) is -0.651. The molecule has 0 radical (unpaired) electrons. The van der Waals surface area contributed by atoms with Gasteiger partial charge in [0.2, 0.25) is 0 Å². The molecule has 0 aliphatic heterocycles. The minimum absolute atomic E-state index is 0.0494. The Morgan fingerprint density at radius 3 is 2.40 bits per heavy atom. The highest BCUT2D eigenvalue weighted by molar-refractivity contribution is 5.24. The summed E-state index contributed by atoms with van der Waals surface area (Å²) in [7, 11) is 1.33. The van der Waals surface area contributed by atoms with Crippen molar-refractivity contribution in [3.05, 3.63) is 36.5 Å². The van der Waals surface area contributed by atoms with Crippen molar-refractivity contribution < 1.29 is 9.13 Å². The maximum atomic E-state index is 12.5.